The van der Waals surface area contributed by atoms with Gasteiger partial charge >= 0.3 is 0 Å². The molecule has 0 radical (unpaired) electrons. The van der Waals surface area contributed by atoms with E-state index in [2.05, 4.69) is 5.32 Å². The van der Waals surface area contributed by atoms with Crippen LogP contribution in [-0.4, -0.2) is 47.8 Å². The van der Waals surface area contributed by atoms with Gasteiger partial charge in [0.25, 0.3) is 11.6 Å². The second-order valence-corrected chi connectivity index (χ2v) is 5.97. The summed E-state index contributed by atoms with van der Waals surface area (Å²) in [5.41, 5.74) is 4.90. The van der Waals surface area contributed by atoms with Crippen LogP contribution in [0.25, 0.3) is 0 Å². The molecule has 0 aliphatic carbocycles. The Kier molecular flexibility index (Phi) is 8.08. The summed E-state index contributed by atoms with van der Waals surface area (Å²) >= 11 is 6.01. The number of likely N-dealkylation sites (tertiary alicyclic amines) is 1. The topological polar surface area (TPSA) is 119 Å². The number of carbonyl (C=O) groups is 2. The highest BCUT2D eigenvalue weighted by atomic mass is 35.5. The van der Waals surface area contributed by atoms with Gasteiger partial charge in [-0.25, -0.2) is 0 Å². The fourth-order valence-corrected chi connectivity index (χ4v) is 3.00. The molecule has 0 bridgehead atoms. The lowest BCUT2D eigenvalue weighted by atomic mass is 9.96. The first-order chi connectivity index (χ1) is 11.5. The average molecular weight is 391 g/mol. The van der Waals surface area contributed by atoms with Crippen LogP contribution in [0.2, 0.25) is 5.02 Å². The molecule has 0 aromatic heterocycles. The molecule has 3 N–H and O–H groups in total. The van der Waals surface area contributed by atoms with Crippen LogP contribution >= 0.6 is 24.0 Å². The summed E-state index contributed by atoms with van der Waals surface area (Å²) < 4.78 is 0. The number of amides is 2. The van der Waals surface area contributed by atoms with Gasteiger partial charge in [-0.2, -0.15) is 0 Å². The number of carbonyl (C=O) groups excluding carboxylic acids is 2. The lowest BCUT2D eigenvalue weighted by Crippen LogP contribution is -2.46. The van der Waals surface area contributed by atoms with Gasteiger partial charge in [0.2, 0.25) is 5.91 Å². The zero-order valence-corrected chi connectivity index (χ0v) is 15.0. The minimum Gasteiger partial charge on any atom is -0.355 e. The van der Waals surface area contributed by atoms with E-state index in [0.717, 1.165) is 0 Å². The zero-order chi connectivity index (χ0) is 17.7. The molecular weight excluding hydrogens is 371 g/mol. The molecule has 1 unspecified atom stereocenters. The van der Waals surface area contributed by atoms with E-state index in [9.17, 15) is 19.7 Å². The maximum absolute atomic E-state index is 12.7. The van der Waals surface area contributed by atoms with Gasteiger partial charge in [-0.1, -0.05) is 17.7 Å². The summed E-state index contributed by atoms with van der Waals surface area (Å²) in [7, 11) is 0. The number of hydrogen-bond acceptors (Lipinski definition) is 5. The van der Waals surface area contributed by atoms with Crippen molar-refractivity contribution in [2.75, 3.05) is 26.2 Å². The Morgan fingerprint density at radius 3 is 2.80 bits per heavy atom. The third kappa shape index (κ3) is 5.04. The van der Waals surface area contributed by atoms with Crippen molar-refractivity contribution in [2.24, 2.45) is 11.7 Å². The van der Waals surface area contributed by atoms with Gasteiger partial charge < -0.3 is 16.0 Å². The van der Waals surface area contributed by atoms with Crippen LogP contribution in [0.3, 0.4) is 0 Å². The van der Waals surface area contributed by atoms with Crippen LogP contribution in [-0.2, 0) is 4.79 Å². The molecule has 1 saturated heterocycles. The normalized spacial score (nSPS) is 16.7. The van der Waals surface area contributed by atoms with E-state index in [-0.39, 0.29) is 47.1 Å². The van der Waals surface area contributed by atoms with Crippen molar-refractivity contribution >= 4 is 41.5 Å². The summed E-state index contributed by atoms with van der Waals surface area (Å²) in [6, 6.07) is 4.11. The van der Waals surface area contributed by atoms with Crippen LogP contribution in [0.4, 0.5) is 5.69 Å². The summed E-state index contributed by atoms with van der Waals surface area (Å²) in [6.07, 6.45) is 1.30. The molecule has 1 atom stereocenters. The van der Waals surface area contributed by atoms with Crippen LogP contribution < -0.4 is 11.1 Å². The maximum atomic E-state index is 12.7. The smallest absolute Gasteiger partial charge is 0.283 e. The Balaban J connectivity index is 0.00000312. The Bertz CT molecular complexity index is 656. The highest BCUT2D eigenvalue weighted by Crippen LogP contribution is 2.29. The maximum Gasteiger partial charge on any atom is 0.283 e. The summed E-state index contributed by atoms with van der Waals surface area (Å²) in [5, 5.41) is 13.9. The Morgan fingerprint density at radius 2 is 2.16 bits per heavy atom. The number of nitrogens with one attached hydrogen (secondary N) is 1. The molecule has 25 heavy (non-hydrogen) atoms. The van der Waals surface area contributed by atoms with Gasteiger partial charge in [0.05, 0.1) is 15.9 Å². The number of rotatable bonds is 5. The highest BCUT2D eigenvalue weighted by Gasteiger charge is 2.32. The first-order valence-corrected chi connectivity index (χ1v) is 8.03. The van der Waals surface area contributed by atoms with E-state index >= 15 is 0 Å². The van der Waals surface area contributed by atoms with Crippen molar-refractivity contribution < 1.29 is 14.5 Å². The van der Waals surface area contributed by atoms with Crippen LogP contribution in [0.5, 0.6) is 0 Å². The second-order valence-electron chi connectivity index (χ2n) is 5.56. The predicted molar refractivity (Wildman–Crippen MR) is 96.0 cm³/mol. The van der Waals surface area contributed by atoms with E-state index in [1.165, 1.54) is 23.1 Å². The van der Waals surface area contributed by atoms with Gasteiger partial charge in [0.1, 0.15) is 5.56 Å². The lowest BCUT2D eigenvalue weighted by molar-refractivity contribution is -0.385. The number of nitrogens with zero attached hydrogens (tertiary/aromatic N) is 2. The van der Waals surface area contributed by atoms with Gasteiger partial charge in [0, 0.05) is 32.2 Å². The molecule has 2 amide bonds. The van der Waals surface area contributed by atoms with Crippen LogP contribution in [0.1, 0.15) is 23.2 Å². The van der Waals surface area contributed by atoms with Gasteiger partial charge in [-0.3, -0.25) is 19.7 Å². The Hall–Kier alpha value is -1.90. The van der Waals surface area contributed by atoms with E-state index in [1.54, 1.807) is 0 Å². The van der Waals surface area contributed by atoms with Crippen molar-refractivity contribution in [1.29, 1.82) is 0 Å². The molecule has 1 heterocycles. The fourth-order valence-electron chi connectivity index (χ4n) is 2.75. The number of nitro benzene ring substituents is 1. The van der Waals surface area contributed by atoms with Crippen molar-refractivity contribution in [2.45, 2.75) is 12.8 Å². The summed E-state index contributed by atoms with van der Waals surface area (Å²) in [5.74, 6) is -1.04. The SMILES string of the molecule is Cl.NCCNC(=O)C1CCCN(C(=O)c2c(Cl)cccc2[N+](=O)[O-])C1. The van der Waals surface area contributed by atoms with Gasteiger partial charge in [-0.15, -0.1) is 12.4 Å². The Labute approximate surface area is 156 Å². The fraction of sp³-hybridized carbons (Fsp3) is 0.467. The van der Waals surface area contributed by atoms with E-state index < -0.39 is 10.8 Å². The lowest BCUT2D eigenvalue weighted by Gasteiger charge is -2.32. The summed E-state index contributed by atoms with van der Waals surface area (Å²) in [6.45, 7) is 1.35. The molecule has 0 spiro atoms. The van der Waals surface area contributed by atoms with Crippen molar-refractivity contribution in [1.82, 2.24) is 10.2 Å². The molecule has 2 rings (SSSR count). The second kappa shape index (κ2) is 9.55. The van der Waals surface area contributed by atoms with Gasteiger partial charge in [-0.05, 0) is 18.9 Å². The number of halogens is 2. The predicted octanol–water partition coefficient (Wildman–Crippen LogP) is 1.60. The molecule has 1 fully saturated rings. The average Bonchev–Trinajstić information content (AvgIpc) is 2.58. The van der Waals surface area contributed by atoms with E-state index in [1.807, 2.05) is 0 Å². The van der Waals surface area contributed by atoms with Gasteiger partial charge in [0.15, 0.2) is 0 Å². The van der Waals surface area contributed by atoms with E-state index in [0.29, 0.717) is 32.5 Å². The van der Waals surface area contributed by atoms with E-state index in [4.69, 9.17) is 17.3 Å². The molecule has 10 heteroatoms. The monoisotopic (exact) mass is 390 g/mol. The number of piperidine rings is 1. The molecule has 1 aromatic carbocycles. The summed E-state index contributed by atoms with van der Waals surface area (Å²) in [4.78, 5) is 36.7. The first kappa shape index (κ1) is 21.1. The standard InChI is InChI=1S/C15H19ClN4O4.ClH/c16-11-4-1-5-12(20(23)24)13(11)15(22)19-8-2-3-10(9-19)14(21)18-7-6-17;/h1,4-5,10H,2-3,6-9,17H2,(H,18,21);1H. The third-order valence-corrected chi connectivity index (χ3v) is 4.24. The molecular formula is C15H20Cl2N4O4. The largest absolute Gasteiger partial charge is 0.355 e. The quantitative estimate of drug-likeness (QED) is 0.584. The minimum atomic E-state index is -0.630. The van der Waals surface area contributed by atoms with Crippen LogP contribution in [0.15, 0.2) is 18.2 Å². The molecule has 0 saturated carbocycles. The highest BCUT2D eigenvalue weighted by molar-refractivity contribution is 6.34. The van der Waals surface area contributed by atoms with Crippen LogP contribution in [0, 0.1) is 16.0 Å². The number of nitrogens with two attached hydrogens (primary N) is 1. The Morgan fingerprint density at radius 1 is 1.44 bits per heavy atom. The number of benzene rings is 1. The third-order valence-electron chi connectivity index (χ3n) is 3.93. The molecule has 8 nitrogen and oxygen atoms in total. The number of nitro groups is 1. The first-order valence-electron chi connectivity index (χ1n) is 7.65. The van der Waals surface area contributed by atoms with Crippen molar-refractivity contribution in [3.05, 3.63) is 38.9 Å². The molecule has 1 aliphatic rings. The molecule has 138 valence electrons. The molecule has 1 aliphatic heterocycles. The van der Waals surface area contributed by atoms with Crippen molar-refractivity contribution in [3.8, 4) is 0 Å². The van der Waals surface area contributed by atoms with Crippen molar-refractivity contribution in [3.63, 3.8) is 0 Å². The number of hydrogen-bond donors (Lipinski definition) is 2. The minimum absolute atomic E-state index is 0. The molecule has 1 aromatic rings. The zero-order valence-electron chi connectivity index (χ0n) is 13.4.